The second-order valence-corrected chi connectivity index (χ2v) is 5.69. The van der Waals surface area contributed by atoms with Gasteiger partial charge in [0.1, 0.15) is 16.6 Å². The third-order valence-electron chi connectivity index (χ3n) is 2.60. The second-order valence-electron chi connectivity index (χ2n) is 4.51. The number of aromatic amines is 1. The van der Waals surface area contributed by atoms with E-state index in [0.29, 0.717) is 11.1 Å². The maximum absolute atomic E-state index is 6.07. The minimum atomic E-state index is 0.547. The summed E-state index contributed by atoms with van der Waals surface area (Å²) in [5.74, 6) is 1.43. The third kappa shape index (κ3) is 2.47. The Kier molecular flexibility index (Phi) is 3.73. The molecule has 2 rings (SSSR count). The van der Waals surface area contributed by atoms with E-state index in [-0.39, 0.29) is 0 Å². The molecule has 0 atom stereocenters. The number of hydrogen-bond donors (Lipinski definition) is 1. The van der Waals surface area contributed by atoms with Crippen LogP contribution in [0.15, 0.2) is 4.47 Å². The standard InChI is InChI=1S/C12H15BrClN3/c1-4-7-9-10(13)11(14)17-12(9)16-8(15-7)5-6(2)3/h6H,4-5H2,1-3H3,(H,15,16,17). The predicted octanol–water partition coefficient (Wildman–Crippen LogP) is 4.13. The van der Waals surface area contributed by atoms with Gasteiger partial charge in [0.15, 0.2) is 0 Å². The van der Waals surface area contributed by atoms with Gasteiger partial charge in [-0.1, -0.05) is 32.4 Å². The first-order valence-electron chi connectivity index (χ1n) is 5.75. The Morgan fingerprint density at radius 3 is 2.65 bits per heavy atom. The largest absolute Gasteiger partial charge is 0.329 e. The fraction of sp³-hybridized carbons (Fsp3) is 0.500. The van der Waals surface area contributed by atoms with E-state index >= 15 is 0 Å². The van der Waals surface area contributed by atoms with Gasteiger partial charge in [0, 0.05) is 6.42 Å². The molecule has 0 aliphatic rings. The molecule has 2 heterocycles. The summed E-state index contributed by atoms with van der Waals surface area (Å²) in [7, 11) is 0. The number of hydrogen-bond acceptors (Lipinski definition) is 2. The average Bonchev–Trinajstić information content (AvgIpc) is 2.53. The van der Waals surface area contributed by atoms with Gasteiger partial charge in [-0.15, -0.1) is 0 Å². The quantitative estimate of drug-likeness (QED) is 0.925. The van der Waals surface area contributed by atoms with Crippen molar-refractivity contribution in [2.45, 2.75) is 33.6 Å². The molecule has 0 aliphatic carbocycles. The van der Waals surface area contributed by atoms with Crippen molar-refractivity contribution in [2.24, 2.45) is 5.92 Å². The van der Waals surface area contributed by atoms with Crippen LogP contribution in [0.4, 0.5) is 0 Å². The van der Waals surface area contributed by atoms with Gasteiger partial charge in [-0.2, -0.15) is 0 Å². The minimum absolute atomic E-state index is 0.547. The van der Waals surface area contributed by atoms with E-state index in [9.17, 15) is 0 Å². The molecule has 0 saturated carbocycles. The molecule has 0 fully saturated rings. The molecule has 92 valence electrons. The summed E-state index contributed by atoms with van der Waals surface area (Å²) in [4.78, 5) is 12.2. The lowest BCUT2D eigenvalue weighted by atomic mass is 10.1. The van der Waals surface area contributed by atoms with Gasteiger partial charge in [-0.25, -0.2) is 9.97 Å². The number of fused-ring (bicyclic) bond motifs is 1. The van der Waals surface area contributed by atoms with Crippen LogP contribution in [0.25, 0.3) is 11.0 Å². The van der Waals surface area contributed by atoms with E-state index in [1.165, 1.54) is 0 Å². The molecule has 1 N–H and O–H groups in total. The molecule has 2 aromatic rings. The van der Waals surface area contributed by atoms with Gasteiger partial charge in [-0.05, 0) is 28.3 Å². The zero-order valence-electron chi connectivity index (χ0n) is 10.1. The zero-order chi connectivity index (χ0) is 12.6. The fourth-order valence-electron chi connectivity index (χ4n) is 1.86. The maximum Gasteiger partial charge on any atom is 0.143 e. The molecule has 0 amide bonds. The van der Waals surface area contributed by atoms with Crippen molar-refractivity contribution >= 4 is 38.6 Å². The van der Waals surface area contributed by atoms with Gasteiger partial charge in [0.05, 0.1) is 15.6 Å². The highest BCUT2D eigenvalue weighted by molar-refractivity contribution is 9.10. The normalized spacial score (nSPS) is 11.6. The third-order valence-corrected chi connectivity index (χ3v) is 3.90. The summed E-state index contributed by atoms with van der Waals surface area (Å²) in [6, 6.07) is 0. The Morgan fingerprint density at radius 2 is 2.06 bits per heavy atom. The van der Waals surface area contributed by atoms with Crippen LogP contribution in [0.3, 0.4) is 0 Å². The molecule has 17 heavy (non-hydrogen) atoms. The Balaban J connectivity index is 2.62. The molecule has 3 nitrogen and oxygen atoms in total. The maximum atomic E-state index is 6.07. The average molecular weight is 317 g/mol. The molecule has 0 unspecified atom stereocenters. The molecular weight excluding hydrogens is 302 g/mol. The number of nitrogens with one attached hydrogen (secondary N) is 1. The van der Waals surface area contributed by atoms with Crippen molar-refractivity contribution in [2.75, 3.05) is 0 Å². The highest BCUT2D eigenvalue weighted by Crippen LogP contribution is 2.32. The minimum Gasteiger partial charge on any atom is -0.329 e. The van der Waals surface area contributed by atoms with Gasteiger partial charge >= 0.3 is 0 Å². The van der Waals surface area contributed by atoms with Crippen LogP contribution in [0.1, 0.15) is 32.3 Å². The summed E-state index contributed by atoms with van der Waals surface area (Å²) < 4.78 is 0.863. The van der Waals surface area contributed by atoms with Crippen molar-refractivity contribution in [1.29, 1.82) is 0 Å². The monoisotopic (exact) mass is 315 g/mol. The molecule has 0 radical (unpaired) electrons. The van der Waals surface area contributed by atoms with Gasteiger partial charge in [-0.3, -0.25) is 0 Å². The van der Waals surface area contributed by atoms with Crippen LogP contribution in [-0.2, 0) is 12.8 Å². The Hall–Kier alpha value is -0.610. The number of aromatic nitrogens is 3. The summed E-state index contributed by atoms with van der Waals surface area (Å²) in [6.45, 7) is 6.42. The van der Waals surface area contributed by atoms with E-state index in [2.05, 4.69) is 51.7 Å². The number of nitrogens with zero attached hydrogens (tertiary/aromatic N) is 2. The smallest absolute Gasteiger partial charge is 0.143 e. The summed E-state index contributed by atoms with van der Waals surface area (Å²) in [5, 5.41) is 1.59. The Labute approximate surface area is 114 Å². The molecule has 0 spiro atoms. The molecular formula is C12H15BrClN3. The van der Waals surface area contributed by atoms with Crippen LogP contribution >= 0.6 is 27.5 Å². The number of H-pyrrole nitrogens is 1. The van der Waals surface area contributed by atoms with E-state index in [1.807, 2.05) is 0 Å². The summed E-state index contributed by atoms with van der Waals surface area (Å²) in [5.41, 5.74) is 1.87. The predicted molar refractivity (Wildman–Crippen MR) is 74.5 cm³/mol. The first kappa shape index (κ1) is 12.8. The lowest BCUT2D eigenvalue weighted by Gasteiger charge is -2.06. The molecule has 0 aromatic carbocycles. The SMILES string of the molecule is CCc1nc(CC(C)C)nc2[nH]c(Cl)c(Br)c12. The van der Waals surface area contributed by atoms with E-state index in [1.54, 1.807) is 0 Å². The topological polar surface area (TPSA) is 41.6 Å². The number of aryl methyl sites for hydroxylation is 1. The van der Waals surface area contributed by atoms with Crippen LogP contribution in [0.2, 0.25) is 5.15 Å². The second kappa shape index (κ2) is 4.94. The first-order valence-corrected chi connectivity index (χ1v) is 6.92. The fourth-order valence-corrected chi connectivity index (χ4v) is 2.56. The van der Waals surface area contributed by atoms with Gasteiger partial charge in [0.25, 0.3) is 0 Å². The van der Waals surface area contributed by atoms with Gasteiger partial charge < -0.3 is 4.98 Å². The van der Waals surface area contributed by atoms with Crippen LogP contribution in [-0.4, -0.2) is 15.0 Å². The number of rotatable bonds is 3. The highest BCUT2D eigenvalue weighted by atomic mass is 79.9. The first-order chi connectivity index (χ1) is 8.02. The van der Waals surface area contributed by atoms with Crippen LogP contribution in [0, 0.1) is 5.92 Å². The van der Waals surface area contributed by atoms with E-state index in [0.717, 1.165) is 39.9 Å². The van der Waals surface area contributed by atoms with E-state index < -0.39 is 0 Å². The molecule has 0 aliphatic heterocycles. The molecule has 0 bridgehead atoms. The number of halogens is 2. The summed E-state index contributed by atoms with van der Waals surface area (Å²) >= 11 is 9.54. The van der Waals surface area contributed by atoms with Crippen molar-refractivity contribution in [3.8, 4) is 0 Å². The Morgan fingerprint density at radius 1 is 1.35 bits per heavy atom. The van der Waals surface area contributed by atoms with E-state index in [4.69, 9.17) is 11.6 Å². The van der Waals surface area contributed by atoms with Crippen molar-refractivity contribution in [1.82, 2.24) is 15.0 Å². The molecule has 5 heteroatoms. The Bertz CT molecular complexity index is 548. The van der Waals surface area contributed by atoms with Crippen LogP contribution < -0.4 is 0 Å². The van der Waals surface area contributed by atoms with Crippen molar-refractivity contribution in [3.63, 3.8) is 0 Å². The van der Waals surface area contributed by atoms with Gasteiger partial charge in [0.2, 0.25) is 0 Å². The highest BCUT2D eigenvalue weighted by Gasteiger charge is 2.15. The van der Waals surface area contributed by atoms with Crippen molar-refractivity contribution < 1.29 is 0 Å². The molecule has 2 aromatic heterocycles. The molecule has 0 saturated heterocycles. The lowest BCUT2D eigenvalue weighted by Crippen LogP contribution is -2.04. The summed E-state index contributed by atoms with van der Waals surface area (Å²) in [6.07, 6.45) is 1.76. The zero-order valence-corrected chi connectivity index (χ0v) is 12.5. The van der Waals surface area contributed by atoms with Crippen LogP contribution in [0.5, 0.6) is 0 Å². The van der Waals surface area contributed by atoms with Crippen molar-refractivity contribution in [3.05, 3.63) is 21.1 Å². The lowest BCUT2D eigenvalue weighted by molar-refractivity contribution is 0.620.